The Hall–Kier alpha value is -1.76. The Balaban J connectivity index is 2.02. The summed E-state index contributed by atoms with van der Waals surface area (Å²) in [6.07, 6.45) is 3.35. The zero-order valence-electron chi connectivity index (χ0n) is 16.0. The average Bonchev–Trinajstić information content (AvgIpc) is 2.94. The summed E-state index contributed by atoms with van der Waals surface area (Å²) in [5.74, 6) is 1.91. The first-order valence-corrected chi connectivity index (χ1v) is 8.99. The number of benzene rings is 1. The first-order chi connectivity index (χ1) is 11.1. The van der Waals surface area contributed by atoms with Gasteiger partial charge in [0.05, 0.1) is 0 Å². The van der Waals surface area contributed by atoms with Crippen LogP contribution >= 0.6 is 0 Å². The van der Waals surface area contributed by atoms with Crippen LogP contribution in [-0.4, -0.2) is 0 Å². The summed E-state index contributed by atoms with van der Waals surface area (Å²) in [5, 5.41) is 0. The van der Waals surface area contributed by atoms with Crippen LogP contribution in [0.5, 0.6) is 0 Å². The van der Waals surface area contributed by atoms with Crippen LogP contribution in [0, 0.1) is 6.92 Å². The van der Waals surface area contributed by atoms with E-state index in [0.717, 1.165) is 23.5 Å². The van der Waals surface area contributed by atoms with E-state index in [4.69, 9.17) is 4.42 Å². The van der Waals surface area contributed by atoms with Crippen LogP contribution in [0.4, 0.5) is 0 Å². The molecule has 0 N–H and O–H groups in total. The van der Waals surface area contributed by atoms with Gasteiger partial charge in [0.25, 0.3) is 0 Å². The average molecular weight is 322 g/mol. The van der Waals surface area contributed by atoms with Gasteiger partial charge in [0.15, 0.2) is 0 Å². The fourth-order valence-corrected chi connectivity index (χ4v) is 3.85. The van der Waals surface area contributed by atoms with Crippen molar-refractivity contribution in [3.8, 4) is 0 Å². The van der Waals surface area contributed by atoms with Crippen molar-refractivity contribution in [2.45, 2.75) is 71.6 Å². The first-order valence-electron chi connectivity index (χ1n) is 8.99. The van der Waals surface area contributed by atoms with E-state index in [0.29, 0.717) is 0 Å². The molecule has 3 rings (SSSR count). The molecule has 0 aliphatic heterocycles. The fourth-order valence-electron chi connectivity index (χ4n) is 3.85. The van der Waals surface area contributed by atoms with Gasteiger partial charge in [-0.25, -0.2) is 0 Å². The lowest BCUT2D eigenvalue weighted by atomic mass is 9.62. The largest absolute Gasteiger partial charge is 0.461 e. The van der Waals surface area contributed by atoms with Gasteiger partial charge < -0.3 is 4.42 Å². The maximum atomic E-state index is 5.94. The molecule has 0 amide bonds. The van der Waals surface area contributed by atoms with E-state index < -0.39 is 0 Å². The van der Waals surface area contributed by atoms with Gasteiger partial charge in [-0.3, -0.25) is 0 Å². The molecule has 0 unspecified atom stereocenters. The van der Waals surface area contributed by atoms with Gasteiger partial charge in [0.2, 0.25) is 0 Å². The highest BCUT2D eigenvalue weighted by Gasteiger charge is 2.37. The third-order valence-corrected chi connectivity index (χ3v) is 5.76. The summed E-state index contributed by atoms with van der Waals surface area (Å²) < 4.78 is 5.94. The van der Waals surface area contributed by atoms with E-state index in [1.165, 1.54) is 35.1 Å². The number of allylic oxidation sites excluding steroid dienone is 1. The molecule has 0 radical (unpaired) electrons. The Labute approximate surface area is 146 Å². The molecule has 0 fully saturated rings. The molecule has 1 aliphatic rings. The summed E-state index contributed by atoms with van der Waals surface area (Å²) in [5.41, 5.74) is 7.29. The van der Waals surface area contributed by atoms with Gasteiger partial charge in [0.1, 0.15) is 11.5 Å². The van der Waals surface area contributed by atoms with Crippen LogP contribution < -0.4 is 0 Å². The van der Waals surface area contributed by atoms with E-state index in [9.17, 15) is 0 Å². The number of hydrogen-bond acceptors (Lipinski definition) is 1. The number of rotatable bonds is 3. The Morgan fingerprint density at radius 1 is 1.04 bits per heavy atom. The number of furan rings is 1. The monoisotopic (exact) mass is 322 g/mol. The lowest BCUT2D eigenvalue weighted by Gasteiger charge is -2.42. The molecule has 1 heteroatoms. The highest BCUT2D eigenvalue weighted by molar-refractivity contribution is 5.56. The van der Waals surface area contributed by atoms with Crippen molar-refractivity contribution in [3.05, 3.63) is 64.6 Å². The molecule has 1 heterocycles. The van der Waals surface area contributed by atoms with Gasteiger partial charge in [0, 0.05) is 6.42 Å². The molecule has 128 valence electrons. The number of fused-ring (bicyclic) bond motifs is 1. The first kappa shape index (κ1) is 17.1. The van der Waals surface area contributed by atoms with Crippen LogP contribution in [0.25, 0.3) is 5.57 Å². The minimum Gasteiger partial charge on any atom is -0.461 e. The Morgan fingerprint density at radius 3 is 2.17 bits per heavy atom. The normalized spacial score (nSPS) is 18.2. The molecule has 24 heavy (non-hydrogen) atoms. The standard InChI is InChI=1S/C23H30O/c1-15(2)21-9-8-18(24-21)13-17-14-20-19(12-16(17)3)22(4,5)10-11-23(20,6)7/h8-9,12,14H,1,10-11,13H2,2-7H3. The van der Waals surface area contributed by atoms with Gasteiger partial charge >= 0.3 is 0 Å². The summed E-state index contributed by atoms with van der Waals surface area (Å²) in [6.45, 7) is 17.7. The van der Waals surface area contributed by atoms with Crippen LogP contribution in [0.1, 0.15) is 81.2 Å². The molecule has 1 aromatic carbocycles. The molecule has 0 spiro atoms. The summed E-state index contributed by atoms with van der Waals surface area (Å²) in [4.78, 5) is 0. The lowest BCUT2D eigenvalue weighted by Crippen LogP contribution is -2.34. The van der Waals surface area contributed by atoms with Crippen molar-refractivity contribution in [1.29, 1.82) is 0 Å². The van der Waals surface area contributed by atoms with Crippen molar-refractivity contribution in [3.63, 3.8) is 0 Å². The molecule has 0 atom stereocenters. The molecular weight excluding hydrogens is 292 g/mol. The predicted molar refractivity (Wildman–Crippen MR) is 103 cm³/mol. The zero-order valence-corrected chi connectivity index (χ0v) is 16.0. The fraction of sp³-hybridized carbons (Fsp3) is 0.478. The molecule has 1 aliphatic carbocycles. The molecule has 1 aromatic heterocycles. The van der Waals surface area contributed by atoms with Gasteiger partial charge in [-0.2, -0.15) is 0 Å². The van der Waals surface area contributed by atoms with Crippen LogP contribution in [0.15, 0.2) is 35.3 Å². The molecule has 0 saturated heterocycles. The topological polar surface area (TPSA) is 13.1 Å². The maximum Gasteiger partial charge on any atom is 0.129 e. The summed E-state index contributed by atoms with van der Waals surface area (Å²) in [7, 11) is 0. The van der Waals surface area contributed by atoms with E-state index in [1.54, 1.807) is 0 Å². The van der Waals surface area contributed by atoms with Crippen molar-refractivity contribution in [2.24, 2.45) is 0 Å². The highest BCUT2D eigenvalue weighted by Crippen LogP contribution is 2.46. The Morgan fingerprint density at radius 2 is 1.62 bits per heavy atom. The Bertz CT molecular complexity index is 786. The maximum absolute atomic E-state index is 5.94. The molecule has 0 bridgehead atoms. The number of hydrogen-bond donors (Lipinski definition) is 0. The smallest absolute Gasteiger partial charge is 0.129 e. The van der Waals surface area contributed by atoms with Crippen LogP contribution in [-0.2, 0) is 17.3 Å². The van der Waals surface area contributed by atoms with Gasteiger partial charge in [-0.05, 0) is 77.5 Å². The second-order valence-corrected chi connectivity index (χ2v) is 8.82. The molecule has 2 aromatic rings. The lowest BCUT2D eigenvalue weighted by molar-refractivity contribution is 0.331. The third kappa shape index (κ3) is 2.97. The van der Waals surface area contributed by atoms with Gasteiger partial charge in [-0.15, -0.1) is 0 Å². The quantitative estimate of drug-likeness (QED) is 0.623. The Kier molecular flexibility index (Phi) is 4.02. The van der Waals surface area contributed by atoms with E-state index in [1.807, 2.05) is 13.0 Å². The second-order valence-electron chi connectivity index (χ2n) is 8.82. The van der Waals surface area contributed by atoms with Crippen LogP contribution in [0.2, 0.25) is 0 Å². The van der Waals surface area contributed by atoms with E-state index in [-0.39, 0.29) is 10.8 Å². The number of aryl methyl sites for hydroxylation is 1. The predicted octanol–water partition coefficient (Wildman–Crippen LogP) is 6.56. The second kappa shape index (κ2) is 5.65. The minimum atomic E-state index is 0.249. The van der Waals surface area contributed by atoms with E-state index in [2.05, 4.69) is 59.4 Å². The molecule has 1 nitrogen and oxygen atoms in total. The van der Waals surface area contributed by atoms with Crippen molar-refractivity contribution >= 4 is 5.57 Å². The van der Waals surface area contributed by atoms with Crippen LogP contribution in [0.3, 0.4) is 0 Å². The summed E-state index contributed by atoms with van der Waals surface area (Å²) in [6, 6.07) is 8.97. The van der Waals surface area contributed by atoms with Gasteiger partial charge in [-0.1, -0.05) is 46.4 Å². The third-order valence-electron chi connectivity index (χ3n) is 5.76. The highest BCUT2D eigenvalue weighted by atomic mass is 16.3. The zero-order chi connectivity index (χ0) is 17.7. The molecule has 0 saturated carbocycles. The van der Waals surface area contributed by atoms with Crippen molar-refractivity contribution < 1.29 is 4.42 Å². The summed E-state index contributed by atoms with van der Waals surface area (Å²) >= 11 is 0. The van der Waals surface area contributed by atoms with E-state index >= 15 is 0 Å². The molecular formula is C23H30O. The minimum absolute atomic E-state index is 0.249. The van der Waals surface area contributed by atoms with Crippen molar-refractivity contribution in [1.82, 2.24) is 0 Å². The van der Waals surface area contributed by atoms with Crippen molar-refractivity contribution in [2.75, 3.05) is 0 Å². The SMILES string of the molecule is C=C(C)c1ccc(Cc2cc3c(cc2C)C(C)(C)CCC3(C)C)o1.